The Morgan fingerprint density at radius 3 is 2.39 bits per heavy atom. The van der Waals surface area contributed by atoms with E-state index in [0.717, 1.165) is 30.4 Å². The van der Waals surface area contributed by atoms with Crippen LogP contribution in [0.1, 0.15) is 36.8 Å². The summed E-state index contributed by atoms with van der Waals surface area (Å²) >= 11 is 6.04. The molecule has 1 aliphatic carbocycles. The maximum Gasteiger partial charge on any atom is 0.410 e. The van der Waals surface area contributed by atoms with Gasteiger partial charge in [0.2, 0.25) is 5.91 Å². The third kappa shape index (κ3) is 3.57. The number of rotatable bonds is 4. The maximum atomic E-state index is 13.6. The molecule has 0 bridgehead atoms. The van der Waals surface area contributed by atoms with Gasteiger partial charge in [0.1, 0.15) is 5.82 Å². The Morgan fingerprint density at radius 1 is 1.03 bits per heavy atom. The molecule has 162 valence electrons. The molecule has 0 unspecified atom stereocenters. The van der Waals surface area contributed by atoms with Crippen molar-refractivity contribution in [1.82, 2.24) is 9.80 Å². The van der Waals surface area contributed by atoms with Gasteiger partial charge in [0.15, 0.2) is 5.60 Å². The highest BCUT2D eigenvalue weighted by atomic mass is 35.5. The van der Waals surface area contributed by atoms with Gasteiger partial charge in [-0.15, -0.1) is 0 Å². The molecule has 1 atom stereocenters. The molecule has 2 aromatic rings. The van der Waals surface area contributed by atoms with E-state index in [1.165, 1.54) is 12.1 Å². The van der Waals surface area contributed by atoms with Crippen LogP contribution in [0, 0.1) is 5.82 Å². The SMILES string of the molecule is O=C1O[C@]2(CCN(C(=O)C3(c4ccc(Cl)cc4)CCC3)C2)CN1Cc1ccc(F)cc1. The van der Waals surface area contributed by atoms with Gasteiger partial charge >= 0.3 is 6.09 Å². The molecule has 3 aliphatic rings. The molecule has 31 heavy (non-hydrogen) atoms. The van der Waals surface area contributed by atoms with E-state index in [1.807, 2.05) is 29.2 Å². The van der Waals surface area contributed by atoms with Crippen LogP contribution >= 0.6 is 11.6 Å². The van der Waals surface area contributed by atoms with Crippen molar-refractivity contribution in [1.29, 1.82) is 0 Å². The zero-order valence-electron chi connectivity index (χ0n) is 17.2. The first-order valence-corrected chi connectivity index (χ1v) is 11.0. The zero-order valence-corrected chi connectivity index (χ0v) is 17.9. The standard InChI is InChI=1S/C24H24ClFN2O3/c25-19-6-4-18(5-7-19)24(10-1-11-24)21(29)27-13-12-23(15-27)16-28(22(30)31-23)14-17-2-8-20(26)9-3-17/h2-9H,1,10-16H2/t23-/m0/s1. The van der Waals surface area contributed by atoms with Crippen LogP contribution in [0.2, 0.25) is 5.02 Å². The number of halogens is 2. The van der Waals surface area contributed by atoms with Crippen molar-refractivity contribution in [2.75, 3.05) is 19.6 Å². The van der Waals surface area contributed by atoms with Crippen molar-refractivity contribution in [2.24, 2.45) is 0 Å². The van der Waals surface area contributed by atoms with Gasteiger partial charge in [0.05, 0.1) is 18.5 Å². The molecule has 2 heterocycles. The molecule has 5 nitrogen and oxygen atoms in total. The molecule has 0 N–H and O–H groups in total. The van der Waals surface area contributed by atoms with Gasteiger partial charge in [-0.25, -0.2) is 9.18 Å². The van der Waals surface area contributed by atoms with Gasteiger partial charge in [0.25, 0.3) is 0 Å². The highest BCUT2D eigenvalue weighted by Gasteiger charge is 2.54. The van der Waals surface area contributed by atoms with E-state index in [9.17, 15) is 14.0 Å². The van der Waals surface area contributed by atoms with Gasteiger partial charge in [-0.3, -0.25) is 9.69 Å². The number of ether oxygens (including phenoxy) is 1. The van der Waals surface area contributed by atoms with E-state index in [2.05, 4.69) is 0 Å². The smallest absolute Gasteiger partial charge is 0.410 e. The first-order valence-electron chi connectivity index (χ1n) is 10.7. The average molecular weight is 443 g/mol. The molecule has 0 aromatic heterocycles. The quantitative estimate of drug-likeness (QED) is 0.699. The third-order valence-electron chi connectivity index (χ3n) is 6.94. The lowest BCUT2D eigenvalue weighted by molar-refractivity contribution is -0.140. The molecule has 2 saturated heterocycles. The van der Waals surface area contributed by atoms with E-state index >= 15 is 0 Å². The summed E-state index contributed by atoms with van der Waals surface area (Å²) in [5.41, 5.74) is 0.692. The fraction of sp³-hybridized carbons (Fsp3) is 0.417. The second-order valence-corrected chi connectivity index (χ2v) is 9.39. The number of hydrogen-bond donors (Lipinski definition) is 0. The van der Waals surface area contributed by atoms with E-state index in [1.54, 1.807) is 17.0 Å². The Hall–Kier alpha value is -2.60. The van der Waals surface area contributed by atoms with E-state index in [4.69, 9.17) is 16.3 Å². The number of likely N-dealkylation sites (tertiary alicyclic amines) is 1. The molecule has 2 aromatic carbocycles. The third-order valence-corrected chi connectivity index (χ3v) is 7.20. The van der Waals surface area contributed by atoms with E-state index in [0.29, 0.717) is 37.6 Å². The molecule has 0 radical (unpaired) electrons. The van der Waals surface area contributed by atoms with E-state index in [-0.39, 0.29) is 17.8 Å². The Kier molecular flexibility index (Phi) is 4.93. The Balaban J connectivity index is 1.29. The Bertz CT molecular complexity index is 1010. The van der Waals surface area contributed by atoms with Gasteiger partial charge in [-0.2, -0.15) is 0 Å². The predicted octanol–water partition coefficient (Wildman–Crippen LogP) is 4.52. The van der Waals surface area contributed by atoms with Crippen molar-refractivity contribution in [3.63, 3.8) is 0 Å². The number of carbonyl (C=O) groups excluding carboxylic acids is 2. The summed E-state index contributed by atoms with van der Waals surface area (Å²) in [6.45, 7) is 1.78. The number of benzene rings is 2. The number of carbonyl (C=O) groups is 2. The minimum atomic E-state index is -0.669. The molecule has 3 fully saturated rings. The monoisotopic (exact) mass is 442 g/mol. The van der Waals surface area contributed by atoms with Crippen LogP contribution in [-0.4, -0.2) is 47.0 Å². The van der Waals surface area contributed by atoms with Crippen molar-refractivity contribution in [3.8, 4) is 0 Å². The zero-order chi connectivity index (χ0) is 21.6. The number of nitrogens with zero attached hydrogens (tertiary/aromatic N) is 2. The second kappa shape index (κ2) is 7.52. The van der Waals surface area contributed by atoms with Gasteiger partial charge in [0, 0.05) is 24.5 Å². The largest absolute Gasteiger partial charge is 0.439 e. The van der Waals surface area contributed by atoms with Crippen molar-refractivity contribution in [2.45, 2.75) is 43.2 Å². The summed E-state index contributed by atoms with van der Waals surface area (Å²) in [7, 11) is 0. The fourth-order valence-corrected chi connectivity index (χ4v) is 5.21. The molecule has 5 rings (SSSR count). The van der Waals surface area contributed by atoms with Gasteiger partial charge < -0.3 is 9.64 Å². The first kappa shape index (κ1) is 20.3. The lowest BCUT2D eigenvalue weighted by Crippen LogP contribution is -2.51. The maximum absolute atomic E-state index is 13.6. The Morgan fingerprint density at radius 2 is 1.74 bits per heavy atom. The van der Waals surface area contributed by atoms with Crippen molar-refractivity contribution < 1.29 is 18.7 Å². The van der Waals surface area contributed by atoms with Crippen LogP contribution in [0.4, 0.5) is 9.18 Å². The lowest BCUT2D eigenvalue weighted by atomic mass is 9.63. The summed E-state index contributed by atoms with van der Waals surface area (Å²) in [5.74, 6) is -0.189. The molecule has 2 amide bonds. The van der Waals surface area contributed by atoms with Gasteiger partial charge in [-0.1, -0.05) is 42.3 Å². The normalized spacial score (nSPS) is 24.4. The number of amides is 2. The summed E-state index contributed by atoms with van der Waals surface area (Å²) in [4.78, 5) is 29.6. The molecular formula is C24H24ClFN2O3. The lowest BCUT2D eigenvalue weighted by Gasteiger charge is -2.43. The summed E-state index contributed by atoms with van der Waals surface area (Å²) in [6, 6.07) is 13.7. The molecule has 1 saturated carbocycles. The van der Waals surface area contributed by atoms with Gasteiger partial charge in [-0.05, 0) is 48.2 Å². The van der Waals surface area contributed by atoms with Crippen molar-refractivity contribution in [3.05, 3.63) is 70.5 Å². The minimum Gasteiger partial charge on any atom is -0.439 e. The Labute approximate surface area is 185 Å². The van der Waals surface area contributed by atoms with Crippen LogP contribution in [0.25, 0.3) is 0 Å². The van der Waals surface area contributed by atoms with Crippen molar-refractivity contribution >= 4 is 23.6 Å². The predicted molar refractivity (Wildman–Crippen MR) is 114 cm³/mol. The fourth-order valence-electron chi connectivity index (χ4n) is 5.08. The highest BCUT2D eigenvalue weighted by molar-refractivity contribution is 6.30. The molecule has 7 heteroatoms. The van der Waals surface area contributed by atoms with Crippen LogP contribution in [0.5, 0.6) is 0 Å². The van der Waals surface area contributed by atoms with Crippen LogP contribution < -0.4 is 0 Å². The first-order chi connectivity index (χ1) is 14.9. The van der Waals surface area contributed by atoms with Crippen LogP contribution in [-0.2, 0) is 21.5 Å². The average Bonchev–Trinajstić information content (AvgIpc) is 3.26. The molecular weight excluding hydrogens is 419 g/mol. The summed E-state index contributed by atoms with van der Waals surface area (Å²) in [5, 5.41) is 0.657. The number of hydrogen-bond acceptors (Lipinski definition) is 3. The van der Waals surface area contributed by atoms with E-state index < -0.39 is 11.0 Å². The summed E-state index contributed by atoms with van der Waals surface area (Å²) < 4.78 is 18.9. The minimum absolute atomic E-state index is 0.117. The summed E-state index contributed by atoms with van der Waals surface area (Å²) in [6.07, 6.45) is 2.92. The van der Waals surface area contributed by atoms with Crippen LogP contribution in [0.15, 0.2) is 48.5 Å². The van der Waals surface area contributed by atoms with Crippen LogP contribution in [0.3, 0.4) is 0 Å². The topological polar surface area (TPSA) is 49.9 Å². The second-order valence-electron chi connectivity index (χ2n) is 8.95. The highest BCUT2D eigenvalue weighted by Crippen LogP contribution is 2.47. The molecule has 2 aliphatic heterocycles. The molecule has 1 spiro atoms.